The van der Waals surface area contributed by atoms with Crippen molar-refractivity contribution in [1.82, 2.24) is 4.90 Å². The average Bonchev–Trinajstić information content (AvgIpc) is 3.01. The molecule has 0 aliphatic carbocycles. The van der Waals surface area contributed by atoms with Gasteiger partial charge in [0.15, 0.2) is 5.54 Å². The summed E-state index contributed by atoms with van der Waals surface area (Å²) >= 11 is 0. The van der Waals surface area contributed by atoms with Crippen LogP contribution in [0.25, 0.3) is 0 Å². The van der Waals surface area contributed by atoms with E-state index in [9.17, 15) is 10.1 Å². The van der Waals surface area contributed by atoms with E-state index in [1.54, 1.807) is 17.0 Å². The second kappa shape index (κ2) is 5.41. The molecule has 0 aromatic heterocycles. The lowest BCUT2D eigenvalue weighted by Crippen LogP contribution is -2.44. The first-order valence-corrected chi connectivity index (χ1v) is 7.12. The van der Waals surface area contributed by atoms with Crippen LogP contribution in [-0.4, -0.2) is 17.4 Å². The van der Waals surface area contributed by atoms with E-state index in [2.05, 4.69) is 6.07 Å². The number of amides is 1. The Hall–Kier alpha value is -2.60. The lowest BCUT2D eigenvalue weighted by atomic mass is 9.88. The number of hydrogen-bond acceptors (Lipinski definition) is 2. The molecule has 21 heavy (non-hydrogen) atoms. The molecule has 1 aliphatic rings. The predicted molar refractivity (Wildman–Crippen MR) is 80.4 cm³/mol. The molecule has 104 valence electrons. The van der Waals surface area contributed by atoms with Crippen molar-refractivity contribution in [3.8, 4) is 6.07 Å². The Bertz CT molecular complexity index is 675. The SMILES string of the molecule is N#C[C@]1(c2ccccc2)CCCN1C(=O)c1ccccc1. The zero-order chi connectivity index (χ0) is 14.7. The molecule has 1 aliphatic heterocycles. The van der Waals surface area contributed by atoms with Gasteiger partial charge in [0.2, 0.25) is 0 Å². The number of nitriles is 1. The van der Waals surface area contributed by atoms with E-state index in [1.807, 2.05) is 48.5 Å². The predicted octanol–water partition coefficient (Wildman–Crippen LogP) is 3.34. The molecule has 0 unspecified atom stereocenters. The Labute approximate surface area is 124 Å². The van der Waals surface area contributed by atoms with Gasteiger partial charge in [0.25, 0.3) is 5.91 Å². The Morgan fingerprint density at radius 2 is 1.67 bits per heavy atom. The van der Waals surface area contributed by atoms with Crippen molar-refractivity contribution in [1.29, 1.82) is 5.26 Å². The molecule has 3 nitrogen and oxygen atoms in total. The average molecular weight is 276 g/mol. The van der Waals surface area contributed by atoms with Crippen LogP contribution in [0.15, 0.2) is 60.7 Å². The number of rotatable bonds is 2. The van der Waals surface area contributed by atoms with Gasteiger partial charge in [-0.25, -0.2) is 0 Å². The molecule has 1 heterocycles. The van der Waals surface area contributed by atoms with Gasteiger partial charge in [-0.05, 0) is 30.5 Å². The van der Waals surface area contributed by atoms with Crippen molar-refractivity contribution in [3.05, 3.63) is 71.8 Å². The van der Waals surface area contributed by atoms with Crippen molar-refractivity contribution < 1.29 is 4.79 Å². The van der Waals surface area contributed by atoms with Crippen LogP contribution in [0.1, 0.15) is 28.8 Å². The largest absolute Gasteiger partial charge is 0.316 e. The maximum atomic E-state index is 12.8. The van der Waals surface area contributed by atoms with Gasteiger partial charge < -0.3 is 4.90 Å². The topological polar surface area (TPSA) is 44.1 Å². The smallest absolute Gasteiger partial charge is 0.255 e. The Balaban J connectivity index is 2.02. The standard InChI is InChI=1S/C18H16N2O/c19-14-18(16-10-5-2-6-11-16)12-7-13-20(18)17(21)15-8-3-1-4-9-15/h1-6,8-11H,7,12-13H2/t18-/m0/s1. The van der Waals surface area contributed by atoms with E-state index in [0.717, 1.165) is 12.0 Å². The summed E-state index contributed by atoms with van der Waals surface area (Å²) in [5.41, 5.74) is 0.693. The third-order valence-corrected chi connectivity index (χ3v) is 4.08. The zero-order valence-corrected chi connectivity index (χ0v) is 11.7. The van der Waals surface area contributed by atoms with Crippen LogP contribution in [0.4, 0.5) is 0 Å². The van der Waals surface area contributed by atoms with Crippen LogP contribution in [0.3, 0.4) is 0 Å². The summed E-state index contributed by atoms with van der Waals surface area (Å²) < 4.78 is 0. The third-order valence-electron chi connectivity index (χ3n) is 4.08. The van der Waals surface area contributed by atoms with Crippen LogP contribution < -0.4 is 0 Å². The van der Waals surface area contributed by atoms with Crippen molar-refractivity contribution >= 4 is 5.91 Å². The second-order valence-electron chi connectivity index (χ2n) is 5.26. The molecule has 1 amide bonds. The van der Waals surface area contributed by atoms with Gasteiger partial charge in [-0.3, -0.25) is 4.79 Å². The first-order chi connectivity index (χ1) is 10.3. The molecule has 0 spiro atoms. The second-order valence-corrected chi connectivity index (χ2v) is 5.26. The Morgan fingerprint density at radius 3 is 2.29 bits per heavy atom. The normalized spacial score (nSPS) is 21.0. The fourth-order valence-corrected chi connectivity index (χ4v) is 3.03. The van der Waals surface area contributed by atoms with Gasteiger partial charge >= 0.3 is 0 Å². The lowest BCUT2D eigenvalue weighted by molar-refractivity contribution is 0.0670. The quantitative estimate of drug-likeness (QED) is 0.844. The van der Waals surface area contributed by atoms with Crippen molar-refractivity contribution in [2.45, 2.75) is 18.4 Å². The van der Waals surface area contributed by atoms with Crippen LogP contribution in [0.5, 0.6) is 0 Å². The molecule has 0 radical (unpaired) electrons. The minimum atomic E-state index is -0.839. The van der Waals surface area contributed by atoms with E-state index in [0.29, 0.717) is 18.5 Å². The summed E-state index contributed by atoms with van der Waals surface area (Å²) in [5.74, 6) is -0.0708. The summed E-state index contributed by atoms with van der Waals surface area (Å²) in [6.45, 7) is 0.621. The molecule has 2 aromatic rings. The number of nitrogens with zero attached hydrogens (tertiary/aromatic N) is 2. The summed E-state index contributed by atoms with van der Waals surface area (Å²) in [6.07, 6.45) is 1.53. The van der Waals surface area contributed by atoms with E-state index >= 15 is 0 Å². The molecule has 0 saturated carbocycles. The monoisotopic (exact) mass is 276 g/mol. The molecule has 0 bridgehead atoms. The molecule has 1 atom stereocenters. The zero-order valence-electron chi connectivity index (χ0n) is 11.7. The van der Waals surface area contributed by atoms with Crippen LogP contribution in [0.2, 0.25) is 0 Å². The van der Waals surface area contributed by atoms with E-state index in [1.165, 1.54) is 0 Å². The molecule has 1 fully saturated rings. The van der Waals surface area contributed by atoms with Crippen LogP contribution in [-0.2, 0) is 5.54 Å². The minimum Gasteiger partial charge on any atom is -0.316 e. The molecular formula is C18H16N2O. The molecule has 1 saturated heterocycles. The molecular weight excluding hydrogens is 260 g/mol. The number of hydrogen-bond donors (Lipinski definition) is 0. The first-order valence-electron chi connectivity index (χ1n) is 7.12. The van der Waals surface area contributed by atoms with Crippen LogP contribution >= 0.6 is 0 Å². The molecule has 3 heteroatoms. The minimum absolute atomic E-state index is 0.0708. The highest BCUT2D eigenvalue weighted by Gasteiger charge is 2.45. The third kappa shape index (κ3) is 2.19. The summed E-state index contributed by atoms with van der Waals surface area (Å²) in [7, 11) is 0. The summed E-state index contributed by atoms with van der Waals surface area (Å²) in [6, 6.07) is 21.2. The number of likely N-dealkylation sites (tertiary alicyclic amines) is 1. The highest BCUT2D eigenvalue weighted by atomic mass is 16.2. The van der Waals surface area contributed by atoms with Gasteiger partial charge in [0.1, 0.15) is 0 Å². The van der Waals surface area contributed by atoms with Crippen molar-refractivity contribution in [2.75, 3.05) is 6.54 Å². The Kier molecular flexibility index (Phi) is 3.45. The molecule has 0 N–H and O–H groups in total. The van der Waals surface area contributed by atoms with Crippen molar-refractivity contribution in [3.63, 3.8) is 0 Å². The van der Waals surface area contributed by atoms with Gasteiger partial charge in [-0.2, -0.15) is 5.26 Å². The fraction of sp³-hybridized carbons (Fsp3) is 0.222. The summed E-state index contributed by atoms with van der Waals surface area (Å²) in [4.78, 5) is 14.5. The first kappa shape index (κ1) is 13.4. The van der Waals surface area contributed by atoms with E-state index in [4.69, 9.17) is 0 Å². The maximum Gasteiger partial charge on any atom is 0.255 e. The highest BCUT2D eigenvalue weighted by Crippen LogP contribution is 2.39. The van der Waals surface area contributed by atoms with E-state index in [-0.39, 0.29) is 5.91 Å². The fourth-order valence-electron chi connectivity index (χ4n) is 3.03. The van der Waals surface area contributed by atoms with Gasteiger partial charge in [0, 0.05) is 12.1 Å². The lowest BCUT2D eigenvalue weighted by Gasteiger charge is -2.33. The van der Waals surface area contributed by atoms with Gasteiger partial charge in [0.05, 0.1) is 6.07 Å². The highest BCUT2D eigenvalue weighted by molar-refractivity contribution is 5.95. The van der Waals surface area contributed by atoms with Crippen LogP contribution in [0, 0.1) is 11.3 Å². The Morgan fingerprint density at radius 1 is 1.05 bits per heavy atom. The van der Waals surface area contributed by atoms with Gasteiger partial charge in [-0.15, -0.1) is 0 Å². The van der Waals surface area contributed by atoms with E-state index < -0.39 is 5.54 Å². The maximum absolute atomic E-state index is 12.8. The molecule has 3 rings (SSSR count). The van der Waals surface area contributed by atoms with Gasteiger partial charge in [-0.1, -0.05) is 48.5 Å². The molecule has 2 aromatic carbocycles. The number of benzene rings is 2. The number of carbonyl (C=O) groups excluding carboxylic acids is 1. The van der Waals surface area contributed by atoms with Crippen molar-refractivity contribution in [2.24, 2.45) is 0 Å². The summed E-state index contributed by atoms with van der Waals surface area (Å²) in [5, 5.41) is 9.79. The number of carbonyl (C=O) groups is 1.